The Kier molecular flexibility index (Phi) is 8.15. The van der Waals surface area contributed by atoms with E-state index in [0.29, 0.717) is 43.0 Å². The minimum Gasteiger partial charge on any atom is -0.463 e. The van der Waals surface area contributed by atoms with Crippen LogP contribution >= 0.6 is 0 Å². The number of hydrogen-bond acceptors (Lipinski definition) is 12. The molecule has 13 nitrogen and oxygen atoms in total. The van der Waals surface area contributed by atoms with E-state index in [1.165, 1.54) is 13.3 Å². The topological polar surface area (TPSA) is 147 Å². The number of imidazole rings is 1. The van der Waals surface area contributed by atoms with Gasteiger partial charge in [-0.05, 0) is 6.92 Å². The standard InChI is InChI=1S/C23H33N5O8/c1-14(29)5-6-16(30)34-11-15-18(31)19(36-23(32-4)7-9-33-10-8-23)22(35-15)28-13-26-17-20(27(2)3)24-12-25-21(17)28/h12-13,15,18-19,22,31H,5-11H2,1-4H3. The number of Topliss-reactive ketones (excluding diaryl/α,β-unsaturated/α-hetero) is 1. The molecule has 0 spiro atoms. The number of carbonyl (C=O) groups excluding carboxylic acids is 2. The van der Waals surface area contributed by atoms with Crippen LogP contribution < -0.4 is 4.90 Å². The lowest BCUT2D eigenvalue weighted by Crippen LogP contribution is -2.48. The predicted molar refractivity (Wildman–Crippen MR) is 125 cm³/mol. The zero-order valence-electron chi connectivity index (χ0n) is 21.0. The van der Waals surface area contributed by atoms with Crippen molar-refractivity contribution in [1.29, 1.82) is 0 Å². The molecule has 2 saturated heterocycles. The van der Waals surface area contributed by atoms with Crippen LogP contribution in [0.4, 0.5) is 5.82 Å². The van der Waals surface area contributed by atoms with Crippen molar-refractivity contribution in [1.82, 2.24) is 19.5 Å². The molecule has 0 amide bonds. The normalized spacial score (nSPS) is 25.7. The van der Waals surface area contributed by atoms with E-state index in [1.54, 1.807) is 18.0 Å². The fraction of sp³-hybridized carbons (Fsp3) is 0.696. The van der Waals surface area contributed by atoms with Crippen LogP contribution in [0.15, 0.2) is 12.7 Å². The first-order valence-corrected chi connectivity index (χ1v) is 11.9. The van der Waals surface area contributed by atoms with Gasteiger partial charge in [-0.15, -0.1) is 0 Å². The number of carbonyl (C=O) groups is 2. The van der Waals surface area contributed by atoms with Crippen LogP contribution in [0.2, 0.25) is 0 Å². The van der Waals surface area contributed by atoms with Crippen LogP contribution in [0, 0.1) is 0 Å². The lowest BCUT2D eigenvalue weighted by Gasteiger charge is -2.39. The van der Waals surface area contributed by atoms with Gasteiger partial charge in [0.1, 0.15) is 37.0 Å². The maximum absolute atomic E-state index is 12.1. The molecule has 0 aliphatic carbocycles. The lowest BCUT2D eigenvalue weighted by atomic mass is 10.1. The molecule has 2 aromatic heterocycles. The zero-order valence-corrected chi connectivity index (χ0v) is 21.0. The van der Waals surface area contributed by atoms with Crippen LogP contribution in [0.1, 0.15) is 38.8 Å². The van der Waals surface area contributed by atoms with Gasteiger partial charge in [0, 0.05) is 40.5 Å². The SMILES string of the molecule is COC1(OC2C(O)C(COC(=O)CCC(C)=O)OC2n2cnc3c(N(C)C)ncnc32)CCOCC1. The van der Waals surface area contributed by atoms with Crippen molar-refractivity contribution in [3.8, 4) is 0 Å². The quantitative estimate of drug-likeness (QED) is 0.355. The highest BCUT2D eigenvalue weighted by Crippen LogP contribution is 2.39. The van der Waals surface area contributed by atoms with Gasteiger partial charge in [-0.2, -0.15) is 0 Å². The van der Waals surface area contributed by atoms with Gasteiger partial charge >= 0.3 is 5.97 Å². The fourth-order valence-electron chi connectivity index (χ4n) is 4.39. The van der Waals surface area contributed by atoms with E-state index in [9.17, 15) is 14.7 Å². The van der Waals surface area contributed by atoms with E-state index in [2.05, 4.69) is 15.0 Å². The number of nitrogens with zero attached hydrogens (tertiary/aromatic N) is 5. The molecular weight excluding hydrogens is 474 g/mol. The Balaban J connectivity index is 1.61. The van der Waals surface area contributed by atoms with Crippen LogP contribution in [0.3, 0.4) is 0 Å². The van der Waals surface area contributed by atoms with Crippen molar-refractivity contribution >= 4 is 28.7 Å². The Morgan fingerprint density at radius 3 is 2.64 bits per heavy atom. The summed E-state index contributed by atoms with van der Waals surface area (Å²) in [6.45, 7) is 2.10. The van der Waals surface area contributed by atoms with E-state index in [-0.39, 0.29) is 25.2 Å². The molecule has 198 valence electrons. The third-order valence-corrected chi connectivity index (χ3v) is 6.42. The average molecular weight is 508 g/mol. The van der Waals surface area contributed by atoms with E-state index in [4.69, 9.17) is 23.7 Å². The lowest BCUT2D eigenvalue weighted by molar-refractivity contribution is -0.292. The van der Waals surface area contributed by atoms with Crippen molar-refractivity contribution in [3.63, 3.8) is 0 Å². The highest BCUT2D eigenvalue weighted by Gasteiger charge is 2.51. The van der Waals surface area contributed by atoms with Crippen molar-refractivity contribution in [2.24, 2.45) is 0 Å². The molecule has 4 heterocycles. The molecule has 0 bridgehead atoms. The summed E-state index contributed by atoms with van der Waals surface area (Å²) >= 11 is 0. The monoisotopic (exact) mass is 507 g/mol. The maximum Gasteiger partial charge on any atom is 0.306 e. The number of ketones is 1. The van der Waals surface area contributed by atoms with E-state index >= 15 is 0 Å². The molecule has 2 aliphatic rings. The highest BCUT2D eigenvalue weighted by atomic mass is 16.7. The van der Waals surface area contributed by atoms with Crippen LogP contribution in [-0.4, -0.2) is 102 Å². The van der Waals surface area contributed by atoms with Crippen LogP contribution in [-0.2, 0) is 33.3 Å². The van der Waals surface area contributed by atoms with Crippen molar-refractivity contribution in [2.45, 2.75) is 62.9 Å². The molecule has 4 rings (SSSR count). The fourth-order valence-corrected chi connectivity index (χ4v) is 4.39. The Morgan fingerprint density at radius 2 is 1.97 bits per heavy atom. The third-order valence-electron chi connectivity index (χ3n) is 6.42. The Hall–Kier alpha value is -2.71. The first kappa shape index (κ1) is 26.4. The van der Waals surface area contributed by atoms with Crippen molar-refractivity contribution < 1.29 is 38.4 Å². The molecule has 4 atom stereocenters. The van der Waals surface area contributed by atoms with Gasteiger partial charge in [0.2, 0.25) is 0 Å². The highest BCUT2D eigenvalue weighted by molar-refractivity contribution is 5.83. The number of aromatic nitrogens is 4. The number of fused-ring (bicyclic) bond motifs is 1. The van der Waals surface area contributed by atoms with Gasteiger partial charge in [0.15, 0.2) is 29.0 Å². The average Bonchev–Trinajstić information content (AvgIpc) is 3.42. The number of ether oxygens (including phenoxy) is 5. The number of aliphatic hydroxyl groups excluding tert-OH is 1. The van der Waals surface area contributed by atoms with Gasteiger partial charge in [-0.3, -0.25) is 9.36 Å². The summed E-state index contributed by atoms with van der Waals surface area (Å²) in [5.74, 6) is -0.997. The number of anilines is 1. The molecule has 2 aromatic rings. The molecule has 0 radical (unpaired) electrons. The van der Waals surface area contributed by atoms with Crippen LogP contribution in [0.25, 0.3) is 11.2 Å². The molecule has 36 heavy (non-hydrogen) atoms. The molecule has 2 fully saturated rings. The first-order chi connectivity index (χ1) is 17.2. The Bertz CT molecular complexity index is 1070. The number of aliphatic hydroxyl groups is 1. The van der Waals surface area contributed by atoms with Gasteiger partial charge < -0.3 is 38.5 Å². The number of hydrogen-bond donors (Lipinski definition) is 1. The maximum atomic E-state index is 12.1. The molecule has 13 heteroatoms. The smallest absolute Gasteiger partial charge is 0.306 e. The molecule has 0 aromatic carbocycles. The molecule has 0 saturated carbocycles. The number of rotatable bonds is 10. The summed E-state index contributed by atoms with van der Waals surface area (Å²) in [7, 11) is 5.26. The van der Waals surface area contributed by atoms with E-state index in [1.807, 2.05) is 19.0 Å². The number of methoxy groups -OCH3 is 1. The largest absolute Gasteiger partial charge is 0.463 e. The second-order valence-corrected chi connectivity index (χ2v) is 9.17. The summed E-state index contributed by atoms with van der Waals surface area (Å²) in [5, 5.41) is 11.2. The molecule has 2 aliphatic heterocycles. The molecule has 4 unspecified atom stereocenters. The predicted octanol–water partition coefficient (Wildman–Crippen LogP) is 0.601. The van der Waals surface area contributed by atoms with E-state index < -0.39 is 36.3 Å². The second kappa shape index (κ2) is 11.1. The third kappa shape index (κ3) is 5.49. The molecule has 1 N–H and O–H groups in total. The Labute approximate surface area is 208 Å². The summed E-state index contributed by atoms with van der Waals surface area (Å²) in [6.07, 6.45) is 0.222. The molecular formula is C23H33N5O8. The summed E-state index contributed by atoms with van der Waals surface area (Å²) in [5.41, 5.74) is 1.06. The minimum atomic E-state index is -1.15. The zero-order chi connectivity index (χ0) is 25.9. The second-order valence-electron chi connectivity index (χ2n) is 9.17. The van der Waals surface area contributed by atoms with Gasteiger partial charge in [0.25, 0.3) is 0 Å². The van der Waals surface area contributed by atoms with Gasteiger partial charge in [-0.25, -0.2) is 15.0 Å². The number of esters is 1. The summed E-state index contributed by atoms with van der Waals surface area (Å²) < 4.78 is 30.8. The summed E-state index contributed by atoms with van der Waals surface area (Å²) in [6, 6.07) is 0. The van der Waals surface area contributed by atoms with Crippen molar-refractivity contribution in [2.75, 3.05) is 45.9 Å². The minimum absolute atomic E-state index is 0.0370. The Morgan fingerprint density at radius 1 is 1.22 bits per heavy atom. The summed E-state index contributed by atoms with van der Waals surface area (Å²) in [4.78, 5) is 38.2. The first-order valence-electron chi connectivity index (χ1n) is 11.9. The van der Waals surface area contributed by atoms with Crippen LogP contribution in [0.5, 0.6) is 0 Å². The van der Waals surface area contributed by atoms with E-state index in [0.717, 1.165) is 0 Å². The van der Waals surface area contributed by atoms with Gasteiger partial charge in [0.05, 0.1) is 26.0 Å². The van der Waals surface area contributed by atoms with Crippen molar-refractivity contribution in [3.05, 3.63) is 12.7 Å². The van der Waals surface area contributed by atoms with Gasteiger partial charge in [-0.1, -0.05) is 0 Å².